The second-order valence-electron chi connectivity index (χ2n) is 7.77. The van der Waals surface area contributed by atoms with Gasteiger partial charge in [-0.2, -0.15) is 13.2 Å². The lowest BCUT2D eigenvalue weighted by Gasteiger charge is -2.22. The highest BCUT2D eigenvalue weighted by Gasteiger charge is 2.37. The number of halogens is 3. The number of methoxy groups -OCH3 is 1. The molecule has 1 saturated heterocycles. The zero-order chi connectivity index (χ0) is 24.3. The fourth-order valence-electron chi connectivity index (χ4n) is 3.73. The Morgan fingerprint density at radius 1 is 1.12 bits per heavy atom. The van der Waals surface area contributed by atoms with Crippen molar-refractivity contribution in [2.24, 2.45) is 5.92 Å². The van der Waals surface area contributed by atoms with Gasteiger partial charge in [0.15, 0.2) is 11.5 Å². The molecule has 11 heteroatoms. The van der Waals surface area contributed by atoms with Crippen LogP contribution in [0.15, 0.2) is 36.4 Å². The van der Waals surface area contributed by atoms with Crippen LogP contribution in [0.4, 0.5) is 24.5 Å². The van der Waals surface area contributed by atoms with Crippen molar-refractivity contribution >= 4 is 23.2 Å². The van der Waals surface area contributed by atoms with E-state index in [9.17, 15) is 22.8 Å². The molecule has 1 fully saturated rings. The van der Waals surface area contributed by atoms with Gasteiger partial charge in [0.1, 0.15) is 25.6 Å². The van der Waals surface area contributed by atoms with E-state index >= 15 is 0 Å². The van der Waals surface area contributed by atoms with Crippen molar-refractivity contribution in [2.75, 3.05) is 50.3 Å². The van der Waals surface area contributed by atoms with Gasteiger partial charge in [0.25, 0.3) is 0 Å². The SMILES string of the molecule is COCCOc1ccc(C(F)(F)F)cc1NC(=O)[C@H]1CC(=O)N(c2ccc3c(c2)OCCO3)C1. The predicted octanol–water partition coefficient (Wildman–Crippen LogP) is 3.49. The second-order valence-corrected chi connectivity index (χ2v) is 7.77. The van der Waals surface area contributed by atoms with Gasteiger partial charge in [-0.15, -0.1) is 0 Å². The molecule has 0 saturated carbocycles. The van der Waals surface area contributed by atoms with Crippen LogP contribution in [0, 0.1) is 5.92 Å². The minimum atomic E-state index is -4.59. The smallest absolute Gasteiger partial charge is 0.416 e. The highest BCUT2D eigenvalue weighted by Crippen LogP contribution is 2.37. The third kappa shape index (κ3) is 5.19. The standard InChI is InChI=1S/C23H23F3N2O6/c1-31-6-7-32-18-4-2-15(23(24,25)26)11-17(18)27-22(30)14-10-21(29)28(13-14)16-3-5-19-20(12-16)34-9-8-33-19/h2-5,11-12,14H,6-10,13H2,1H3,(H,27,30)/t14-/m0/s1. The van der Waals surface area contributed by atoms with Crippen LogP contribution in [0.2, 0.25) is 0 Å². The quantitative estimate of drug-likeness (QED) is 0.611. The molecule has 1 N–H and O–H groups in total. The number of anilines is 2. The van der Waals surface area contributed by atoms with Crippen molar-refractivity contribution in [1.82, 2.24) is 0 Å². The molecule has 0 aromatic heterocycles. The summed E-state index contributed by atoms with van der Waals surface area (Å²) in [5.74, 6) is -0.469. The zero-order valence-electron chi connectivity index (χ0n) is 18.3. The number of carbonyl (C=O) groups is 2. The van der Waals surface area contributed by atoms with Crippen molar-refractivity contribution in [3.63, 3.8) is 0 Å². The Balaban J connectivity index is 1.49. The van der Waals surface area contributed by atoms with Gasteiger partial charge < -0.3 is 29.2 Å². The van der Waals surface area contributed by atoms with Crippen LogP contribution in [0.1, 0.15) is 12.0 Å². The number of ether oxygens (including phenoxy) is 4. The average Bonchev–Trinajstić information content (AvgIpc) is 3.21. The summed E-state index contributed by atoms with van der Waals surface area (Å²) in [7, 11) is 1.46. The topological polar surface area (TPSA) is 86.3 Å². The highest BCUT2D eigenvalue weighted by molar-refractivity contribution is 6.04. The number of benzene rings is 2. The van der Waals surface area contributed by atoms with E-state index in [-0.39, 0.29) is 43.5 Å². The average molecular weight is 480 g/mol. The molecule has 2 amide bonds. The summed E-state index contributed by atoms with van der Waals surface area (Å²) in [6.07, 6.45) is -4.68. The molecule has 0 aliphatic carbocycles. The lowest BCUT2D eigenvalue weighted by molar-refractivity contribution is -0.137. The van der Waals surface area contributed by atoms with Gasteiger partial charge in [-0.05, 0) is 30.3 Å². The van der Waals surface area contributed by atoms with Crippen LogP contribution in [0.25, 0.3) is 0 Å². The molecule has 2 aromatic carbocycles. The van der Waals surface area contributed by atoms with Crippen molar-refractivity contribution in [2.45, 2.75) is 12.6 Å². The van der Waals surface area contributed by atoms with Gasteiger partial charge in [0.05, 0.1) is 23.8 Å². The Kier molecular flexibility index (Phi) is 6.82. The Morgan fingerprint density at radius 3 is 2.62 bits per heavy atom. The van der Waals surface area contributed by atoms with Crippen molar-refractivity contribution < 1.29 is 41.7 Å². The molecular formula is C23H23F3N2O6. The first-order chi connectivity index (χ1) is 16.3. The number of nitrogens with zero attached hydrogens (tertiary/aromatic N) is 1. The van der Waals surface area contributed by atoms with Crippen LogP contribution in [-0.4, -0.2) is 51.9 Å². The van der Waals surface area contributed by atoms with Crippen LogP contribution in [-0.2, 0) is 20.5 Å². The third-order valence-corrected chi connectivity index (χ3v) is 5.44. The molecular weight excluding hydrogens is 457 g/mol. The predicted molar refractivity (Wildman–Crippen MR) is 115 cm³/mol. The van der Waals surface area contributed by atoms with E-state index in [1.54, 1.807) is 18.2 Å². The maximum Gasteiger partial charge on any atom is 0.416 e. The van der Waals surface area contributed by atoms with Gasteiger partial charge in [-0.3, -0.25) is 9.59 Å². The summed E-state index contributed by atoms with van der Waals surface area (Å²) in [4.78, 5) is 27.0. The molecule has 34 heavy (non-hydrogen) atoms. The van der Waals surface area contributed by atoms with Gasteiger partial charge in [-0.25, -0.2) is 0 Å². The molecule has 2 aromatic rings. The maximum atomic E-state index is 13.2. The fraction of sp³-hybridized carbons (Fsp3) is 0.391. The van der Waals surface area contributed by atoms with Crippen LogP contribution in [0.5, 0.6) is 17.2 Å². The lowest BCUT2D eigenvalue weighted by atomic mass is 10.1. The number of hydrogen-bond donors (Lipinski definition) is 1. The first-order valence-electron chi connectivity index (χ1n) is 10.6. The number of hydrogen-bond acceptors (Lipinski definition) is 6. The van der Waals surface area contributed by atoms with Gasteiger partial charge in [0, 0.05) is 31.8 Å². The molecule has 2 heterocycles. The number of nitrogens with one attached hydrogen (secondary N) is 1. The minimum absolute atomic E-state index is 0.0726. The minimum Gasteiger partial charge on any atom is -0.489 e. The van der Waals surface area contributed by atoms with Crippen molar-refractivity contribution in [3.8, 4) is 17.2 Å². The maximum absolute atomic E-state index is 13.2. The molecule has 182 valence electrons. The second kappa shape index (κ2) is 9.80. The van der Waals surface area contributed by atoms with E-state index in [2.05, 4.69) is 5.32 Å². The Labute approximate surface area is 193 Å². The van der Waals surface area contributed by atoms with E-state index in [0.717, 1.165) is 18.2 Å². The number of fused-ring (bicyclic) bond motifs is 1. The molecule has 0 spiro atoms. The summed E-state index contributed by atoms with van der Waals surface area (Å²) in [6, 6.07) is 7.89. The molecule has 0 radical (unpaired) electrons. The summed E-state index contributed by atoms with van der Waals surface area (Å²) >= 11 is 0. The van der Waals surface area contributed by atoms with Crippen LogP contribution < -0.4 is 24.4 Å². The fourth-order valence-corrected chi connectivity index (χ4v) is 3.73. The van der Waals surface area contributed by atoms with Crippen molar-refractivity contribution in [1.29, 1.82) is 0 Å². The van der Waals surface area contributed by atoms with E-state index in [0.29, 0.717) is 30.4 Å². The van der Waals surface area contributed by atoms with Gasteiger partial charge in [0.2, 0.25) is 11.8 Å². The number of carbonyl (C=O) groups excluding carboxylic acids is 2. The summed E-state index contributed by atoms with van der Waals surface area (Å²) in [5, 5.41) is 2.51. The van der Waals surface area contributed by atoms with E-state index < -0.39 is 23.6 Å². The van der Waals surface area contributed by atoms with E-state index in [1.165, 1.54) is 12.0 Å². The number of alkyl halides is 3. The Hall–Kier alpha value is -3.47. The monoisotopic (exact) mass is 480 g/mol. The Morgan fingerprint density at radius 2 is 1.88 bits per heavy atom. The highest BCUT2D eigenvalue weighted by atomic mass is 19.4. The summed E-state index contributed by atoms with van der Waals surface area (Å²) < 4.78 is 61.0. The van der Waals surface area contributed by atoms with E-state index in [4.69, 9.17) is 18.9 Å². The largest absolute Gasteiger partial charge is 0.489 e. The molecule has 1 atom stereocenters. The lowest BCUT2D eigenvalue weighted by Crippen LogP contribution is -2.28. The number of rotatable bonds is 7. The van der Waals surface area contributed by atoms with Crippen molar-refractivity contribution in [3.05, 3.63) is 42.0 Å². The number of amides is 2. The summed E-state index contributed by atoms with van der Waals surface area (Å²) in [5.41, 5.74) is -0.504. The normalized spacial score (nSPS) is 17.6. The molecule has 2 aliphatic rings. The summed E-state index contributed by atoms with van der Waals surface area (Å²) in [6.45, 7) is 1.20. The first kappa shape index (κ1) is 23.7. The molecule has 8 nitrogen and oxygen atoms in total. The molecule has 0 bridgehead atoms. The van der Waals surface area contributed by atoms with Crippen LogP contribution >= 0.6 is 0 Å². The van der Waals surface area contributed by atoms with Crippen LogP contribution in [0.3, 0.4) is 0 Å². The molecule has 4 rings (SSSR count). The molecule has 0 unspecified atom stereocenters. The Bertz CT molecular complexity index is 1080. The van der Waals surface area contributed by atoms with Gasteiger partial charge >= 0.3 is 6.18 Å². The third-order valence-electron chi connectivity index (χ3n) is 5.44. The molecule has 2 aliphatic heterocycles. The van der Waals surface area contributed by atoms with E-state index in [1.807, 2.05) is 0 Å². The zero-order valence-corrected chi connectivity index (χ0v) is 18.3. The van der Waals surface area contributed by atoms with Gasteiger partial charge in [-0.1, -0.05) is 0 Å². The first-order valence-corrected chi connectivity index (χ1v) is 10.6.